The van der Waals surface area contributed by atoms with Crippen molar-refractivity contribution in [3.05, 3.63) is 29.6 Å². The monoisotopic (exact) mass is 232 g/mol. The van der Waals surface area contributed by atoms with E-state index in [1.54, 1.807) is 6.20 Å². The highest BCUT2D eigenvalue weighted by molar-refractivity contribution is 5.94. The molecular formula is C14H20N2O. The second kappa shape index (κ2) is 4.47. The Bertz CT molecular complexity index is 409. The lowest BCUT2D eigenvalue weighted by Crippen LogP contribution is -2.33. The molecule has 3 heteroatoms. The molecule has 0 saturated heterocycles. The topological polar surface area (TPSA) is 42.0 Å². The summed E-state index contributed by atoms with van der Waals surface area (Å²) in [6, 6.07) is 4.02. The summed E-state index contributed by atoms with van der Waals surface area (Å²) >= 11 is 0. The zero-order chi connectivity index (χ0) is 12.5. The van der Waals surface area contributed by atoms with Crippen molar-refractivity contribution in [2.45, 2.75) is 46.1 Å². The average Bonchev–Trinajstić information content (AvgIpc) is 2.59. The Kier molecular flexibility index (Phi) is 3.18. The normalized spacial score (nSPS) is 22.4. The minimum atomic E-state index is 0.000185. The summed E-state index contributed by atoms with van der Waals surface area (Å²) in [5.41, 5.74) is 1.95. The minimum Gasteiger partial charge on any atom is -0.349 e. The van der Waals surface area contributed by atoms with Gasteiger partial charge in [-0.05, 0) is 43.7 Å². The molecule has 1 N–H and O–H groups in total. The standard InChI is InChI=1S/C14H20N2O/c1-10-4-5-11(9-15-10)13(17)16-12-6-7-14(2,3)8-12/h4-5,9,12H,6-8H2,1-3H3,(H,16,17). The molecule has 0 aromatic carbocycles. The maximum Gasteiger partial charge on any atom is 0.253 e. The number of pyridine rings is 1. The highest BCUT2D eigenvalue weighted by Crippen LogP contribution is 2.36. The lowest BCUT2D eigenvalue weighted by atomic mass is 9.92. The molecule has 0 aliphatic heterocycles. The van der Waals surface area contributed by atoms with Crippen LogP contribution >= 0.6 is 0 Å². The second-order valence-corrected chi connectivity index (χ2v) is 5.77. The summed E-state index contributed by atoms with van der Waals surface area (Å²) in [5, 5.41) is 3.09. The molecule has 0 radical (unpaired) electrons. The van der Waals surface area contributed by atoms with Crippen molar-refractivity contribution in [3.8, 4) is 0 Å². The van der Waals surface area contributed by atoms with E-state index in [1.807, 2.05) is 19.1 Å². The Labute approximate surface area is 103 Å². The lowest BCUT2D eigenvalue weighted by molar-refractivity contribution is 0.0935. The van der Waals surface area contributed by atoms with Crippen LogP contribution in [0, 0.1) is 12.3 Å². The summed E-state index contributed by atoms with van der Waals surface area (Å²) in [7, 11) is 0. The van der Waals surface area contributed by atoms with E-state index in [9.17, 15) is 4.79 Å². The van der Waals surface area contributed by atoms with Gasteiger partial charge in [-0.2, -0.15) is 0 Å². The van der Waals surface area contributed by atoms with E-state index in [0.29, 0.717) is 17.0 Å². The number of aromatic nitrogens is 1. The second-order valence-electron chi connectivity index (χ2n) is 5.77. The van der Waals surface area contributed by atoms with Gasteiger partial charge in [-0.3, -0.25) is 9.78 Å². The fourth-order valence-electron chi connectivity index (χ4n) is 2.43. The van der Waals surface area contributed by atoms with Crippen molar-refractivity contribution in [1.82, 2.24) is 10.3 Å². The smallest absolute Gasteiger partial charge is 0.253 e. The van der Waals surface area contributed by atoms with Gasteiger partial charge in [0.05, 0.1) is 5.56 Å². The van der Waals surface area contributed by atoms with E-state index in [4.69, 9.17) is 0 Å². The van der Waals surface area contributed by atoms with Crippen LogP contribution in [-0.2, 0) is 0 Å². The van der Waals surface area contributed by atoms with Crippen LogP contribution in [0.15, 0.2) is 18.3 Å². The number of aryl methyl sites for hydroxylation is 1. The number of hydrogen-bond acceptors (Lipinski definition) is 2. The maximum absolute atomic E-state index is 12.0. The molecule has 1 heterocycles. The van der Waals surface area contributed by atoms with Crippen LogP contribution < -0.4 is 5.32 Å². The Morgan fingerprint density at radius 3 is 2.76 bits per heavy atom. The first-order valence-electron chi connectivity index (χ1n) is 6.20. The van der Waals surface area contributed by atoms with Gasteiger partial charge in [0.25, 0.3) is 5.91 Å². The first kappa shape index (κ1) is 12.1. The molecule has 1 aliphatic rings. The van der Waals surface area contributed by atoms with Gasteiger partial charge >= 0.3 is 0 Å². The fraction of sp³-hybridized carbons (Fsp3) is 0.571. The van der Waals surface area contributed by atoms with Crippen molar-refractivity contribution in [1.29, 1.82) is 0 Å². The van der Waals surface area contributed by atoms with Gasteiger partial charge in [0, 0.05) is 17.9 Å². The van der Waals surface area contributed by atoms with Gasteiger partial charge in [-0.1, -0.05) is 13.8 Å². The van der Waals surface area contributed by atoms with Crippen LogP contribution in [0.25, 0.3) is 0 Å². The van der Waals surface area contributed by atoms with Gasteiger partial charge in [-0.25, -0.2) is 0 Å². The Morgan fingerprint density at radius 2 is 2.24 bits per heavy atom. The van der Waals surface area contributed by atoms with Crippen LogP contribution in [0.4, 0.5) is 0 Å². The van der Waals surface area contributed by atoms with E-state index in [-0.39, 0.29) is 5.91 Å². The van der Waals surface area contributed by atoms with E-state index in [0.717, 1.165) is 18.5 Å². The molecule has 1 fully saturated rings. The molecule has 92 valence electrons. The first-order valence-corrected chi connectivity index (χ1v) is 6.20. The summed E-state index contributed by atoms with van der Waals surface area (Å²) < 4.78 is 0. The largest absolute Gasteiger partial charge is 0.349 e. The van der Waals surface area contributed by atoms with Crippen molar-refractivity contribution >= 4 is 5.91 Å². The molecule has 1 unspecified atom stereocenters. The molecule has 1 aromatic heterocycles. The van der Waals surface area contributed by atoms with Gasteiger partial charge < -0.3 is 5.32 Å². The third-order valence-electron chi connectivity index (χ3n) is 3.48. The molecule has 1 saturated carbocycles. The summed E-state index contributed by atoms with van der Waals surface area (Å²) in [4.78, 5) is 16.1. The first-order chi connectivity index (χ1) is 7.96. The highest BCUT2D eigenvalue weighted by Gasteiger charge is 2.31. The molecule has 0 spiro atoms. The third-order valence-corrected chi connectivity index (χ3v) is 3.48. The molecule has 2 rings (SSSR count). The van der Waals surface area contributed by atoms with Gasteiger partial charge in [0.2, 0.25) is 0 Å². The van der Waals surface area contributed by atoms with Crippen LogP contribution in [0.1, 0.15) is 49.2 Å². The van der Waals surface area contributed by atoms with E-state index < -0.39 is 0 Å². The van der Waals surface area contributed by atoms with Crippen molar-refractivity contribution < 1.29 is 4.79 Å². The molecular weight excluding hydrogens is 212 g/mol. The Hall–Kier alpha value is -1.38. The van der Waals surface area contributed by atoms with E-state index in [2.05, 4.69) is 24.1 Å². The fourth-order valence-corrected chi connectivity index (χ4v) is 2.43. The molecule has 1 amide bonds. The number of nitrogens with zero attached hydrogens (tertiary/aromatic N) is 1. The third kappa shape index (κ3) is 3.05. The quantitative estimate of drug-likeness (QED) is 0.851. The number of carbonyl (C=O) groups is 1. The predicted molar refractivity (Wildman–Crippen MR) is 67.9 cm³/mol. The van der Waals surface area contributed by atoms with Crippen molar-refractivity contribution in [2.24, 2.45) is 5.41 Å². The number of nitrogens with one attached hydrogen (secondary N) is 1. The summed E-state index contributed by atoms with van der Waals surface area (Å²) in [5.74, 6) is 0.000185. The van der Waals surface area contributed by atoms with E-state index >= 15 is 0 Å². The SMILES string of the molecule is Cc1ccc(C(=O)NC2CCC(C)(C)C2)cn1. The van der Waals surface area contributed by atoms with Crippen LogP contribution in [-0.4, -0.2) is 16.9 Å². The van der Waals surface area contributed by atoms with Crippen molar-refractivity contribution in [3.63, 3.8) is 0 Å². The number of rotatable bonds is 2. The lowest BCUT2D eigenvalue weighted by Gasteiger charge is -2.17. The number of carbonyl (C=O) groups excluding carboxylic acids is 1. The van der Waals surface area contributed by atoms with Crippen molar-refractivity contribution in [2.75, 3.05) is 0 Å². The molecule has 0 bridgehead atoms. The Balaban J connectivity index is 1.96. The minimum absolute atomic E-state index is 0.000185. The number of hydrogen-bond donors (Lipinski definition) is 1. The maximum atomic E-state index is 12.0. The molecule has 17 heavy (non-hydrogen) atoms. The summed E-state index contributed by atoms with van der Waals surface area (Å²) in [6.07, 6.45) is 4.98. The zero-order valence-corrected chi connectivity index (χ0v) is 10.8. The van der Waals surface area contributed by atoms with Gasteiger partial charge in [-0.15, -0.1) is 0 Å². The summed E-state index contributed by atoms with van der Waals surface area (Å²) in [6.45, 7) is 6.43. The molecule has 1 atom stereocenters. The zero-order valence-electron chi connectivity index (χ0n) is 10.8. The van der Waals surface area contributed by atoms with Crippen LogP contribution in [0.2, 0.25) is 0 Å². The van der Waals surface area contributed by atoms with Crippen LogP contribution in [0.3, 0.4) is 0 Å². The molecule has 1 aliphatic carbocycles. The van der Waals surface area contributed by atoms with Gasteiger partial charge in [0.15, 0.2) is 0 Å². The predicted octanol–water partition coefficient (Wildman–Crippen LogP) is 2.70. The van der Waals surface area contributed by atoms with Crippen LogP contribution in [0.5, 0.6) is 0 Å². The molecule has 1 aromatic rings. The van der Waals surface area contributed by atoms with Gasteiger partial charge in [0.1, 0.15) is 0 Å². The number of amides is 1. The average molecular weight is 232 g/mol. The van der Waals surface area contributed by atoms with E-state index in [1.165, 1.54) is 6.42 Å². The molecule has 3 nitrogen and oxygen atoms in total. The Morgan fingerprint density at radius 1 is 1.47 bits per heavy atom. The highest BCUT2D eigenvalue weighted by atomic mass is 16.1.